The first-order valence-corrected chi connectivity index (χ1v) is 8.41. The SMILES string of the molecule is CC1CN2CCCC2CN1c1ccc([C@@H](C)N)c(Br)c1. The molecule has 110 valence electrons. The summed E-state index contributed by atoms with van der Waals surface area (Å²) in [6.45, 7) is 8.00. The topological polar surface area (TPSA) is 32.5 Å². The molecule has 0 aliphatic carbocycles. The summed E-state index contributed by atoms with van der Waals surface area (Å²) in [4.78, 5) is 5.22. The molecule has 2 fully saturated rings. The highest BCUT2D eigenvalue weighted by atomic mass is 79.9. The van der Waals surface area contributed by atoms with Gasteiger partial charge in [-0.05, 0) is 50.9 Å². The van der Waals surface area contributed by atoms with Crippen LogP contribution in [0.5, 0.6) is 0 Å². The Balaban J connectivity index is 1.83. The van der Waals surface area contributed by atoms with Crippen molar-refractivity contribution in [2.75, 3.05) is 24.5 Å². The minimum absolute atomic E-state index is 0.0718. The third-order valence-corrected chi connectivity index (χ3v) is 5.43. The maximum Gasteiger partial charge on any atom is 0.0389 e. The smallest absolute Gasteiger partial charge is 0.0389 e. The van der Waals surface area contributed by atoms with Crippen LogP contribution in [0, 0.1) is 0 Å². The van der Waals surface area contributed by atoms with Gasteiger partial charge in [-0.25, -0.2) is 0 Å². The fraction of sp³-hybridized carbons (Fsp3) is 0.625. The number of piperazine rings is 1. The second-order valence-corrected chi connectivity index (χ2v) is 7.14. The molecule has 2 aliphatic rings. The van der Waals surface area contributed by atoms with Gasteiger partial charge in [0, 0.05) is 41.4 Å². The van der Waals surface area contributed by atoms with E-state index in [9.17, 15) is 0 Å². The summed E-state index contributed by atoms with van der Waals surface area (Å²) in [6.07, 6.45) is 2.71. The largest absolute Gasteiger partial charge is 0.366 e. The molecule has 4 heteroatoms. The van der Waals surface area contributed by atoms with Crippen molar-refractivity contribution in [1.29, 1.82) is 0 Å². The zero-order valence-corrected chi connectivity index (χ0v) is 13.9. The Kier molecular flexibility index (Phi) is 4.07. The Morgan fingerprint density at radius 1 is 1.35 bits per heavy atom. The van der Waals surface area contributed by atoms with Crippen molar-refractivity contribution in [1.82, 2.24) is 4.90 Å². The monoisotopic (exact) mass is 337 g/mol. The number of rotatable bonds is 2. The van der Waals surface area contributed by atoms with Gasteiger partial charge in [-0.2, -0.15) is 0 Å². The van der Waals surface area contributed by atoms with E-state index in [-0.39, 0.29) is 6.04 Å². The lowest BCUT2D eigenvalue weighted by atomic mass is 10.0. The molecule has 0 bridgehead atoms. The number of nitrogens with zero attached hydrogens (tertiary/aromatic N) is 2. The third kappa shape index (κ3) is 2.61. The Labute approximate surface area is 130 Å². The van der Waals surface area contributed by atoms with Crippen LogP contribution in [0.25, 0.3) is 0 Å². The third-order valence-electron chi connectivity index (χ3n) is 4.74. The minimum atomic E-state index is 0.0718. The minimum Gasteiger partial charge on any atom is -0.366 e. The summed E-state index contributed by atoms with van der Waals surface area (Å²) >= 11 is 3.67. The standard InChI is InChI=1S/C16H24BrN3/c1-11-9-19-7-3-4-14(19)10-20(11)13-5-6-15(12(2)18)16(17)8-13/h5-6,8,11-12,14H,3-4,7,9-10,18H2,1-2H3/t11?,12-,14?/m1/s1. The van der Waals surface area contributed by atoms with Gasteiger partial charge in [0.25, 0.3) is 0 Å². The highest BCUT2D eigenvalue weighted by molar-refractivity contribution is 9.10. The maximum absolute atomic E-state index is 5.99. The van der Waals surface area contributed by atoms with Gasteiger partial charge < -0.3 is 10.6 Å². The predicted molar refractivity (Wildman–Crippen MR) is 88.1 cm³/mol. The van der Waals surface area contributed by atoms with Crippen molar-refractivity contribution in [2.45, 2.75) is 44.8 Å². The molecule has 0 saturated carbocycles. The van der Waals surface area contributed by atoms with E-state index in [4.69, 9.17) is 5.73 Å². The highest BCUT2D eigenvalue weighted by Crippen LogP contribution is 2.32. The van der Waals surface area contributed by atoms with Crippen molar-refractivity contribution in [2.24, 2.45) is 5.73 Å². The molecule has 3 rings (SSSR count). The molecular formula is C16H24BrN3. The summed E-state index contributed by atoms with van der Waals surface area (Å²) < 4.78 is 1.13. The van der Waals surface area contributed by atoms with Crippen LogP contribution in [-0.2, 0) is 0 Å². The van der Waals surface area contributed by atoms with E-state index in [1.807, 2.05) is 6.92 Å². The Morgan fingerprint density at radius 2 is 2.15 bits per heavy atom. The van der Waals surface area contributed by atoms with Crippen LogP contribution in [0.15, 0.2) is 22.7 Å². The lowest BCUT2D eigenvalue weighted by molar-refractivity contribution is 0.203. The Morgan fingerprint density at radius 3 is 2.85 bits per heavy atom. The highest BCUT2D eigenvalue weighted by Gasteiger charge is 2.34. The van der Waals surface area contributed by atoms with E-state index in [1.165, 1.54) is 37.2 Å². The Hall–Kier alpha value is -0.580. The van der Waals surface area contributed by atoms with Gasteiger partial charge in [0.2, 0.25) is 0 Å². The quantitative estimate of drug-likeness (QED) is 0.899. The lowest BCUT2D eigenvalue weighted by Crippen LogP contribution is -2.55. The van der Waals surface area contributed by atoms with Crippen LogP contribution in [-0.4, -0.2) is 36.6 Å². The molecule has 0 amide bonds. The lowest BCUT2D eigenvalue weighted by Gasteiger charge is -2.43. The van der Waals surface area contributed by atoms with Gasteiger partial charge in [0.15, 0.2) is 0 Å². The van der Waals surface area contributed by atoms with Crippen molar-refractivity contribution < 1.29 is 0 Å². The zero-order chi connectivity index (χ0) is 14.3. The van der Waals surface area contributed by atoms with Crippen LogP contribution in [0.1, 0.15) is 38.3 Å². The van der Waals surface area contributed by atoms with Crippen LogP contribution >= 0.6 is 15.9 Å². The number of benzene rings is 1. The van der Waals surface area contributed by atoms with Crippen molar-refractivity contribution >= 4 is 21.6 Å². The van der Waals surface area contributed by atoms with E-state index in [0.29, 0.717) is 6.04 Å². The number of fused-ring (bicyclic) bond motifs is 1. The molecule has 3 atom stereocenters. The average Bonchev–Trinajstić information content (AvgIpc) is 2.84. The van der Waals surface area contributed by atoms with Gasteiger partial charge in [0.05, 0.1) is 0 Å². The van der Waals surface area contributed by atoms with E-state index >= 15 is 0 Å². The summed E-state index contributed by atoms with van der Waals surface area (Å²) in [6, 6.07) is 8.03. The Bertz CT molecular complexity index is 489. The van der Waals surface area contributed by atoms with E-state index in [0.717, 1.165) is 17.1 Å². The second-order valence-electron chi connectivity index (χ2n) is 6.29. The molecular weight excluding hydrogens is 314 g/mol. The molecule has 2 saturated heterocycles. The first kappa shape index (κ1) is 14.4. The predicted octanol–water partition coefficient (Wildman–Crippen LogP) is 3.14. The summed E-state index contributed by atoms with van der Waals surface area (Å²) in [5.74, 6) is 0. The van der Waals surface area contributed by atoms with Gasteiger partial charge in [0.1, 0.15) is 0 Å². The molecule has 1 aromatic rings. The van der Waals surface area contributed by atoms with Gasteiger partial charge >= 0.3 is 0 Å². The average molecular weight is 338 g/mol. The van der Waals surface area contributed by atoms with Gasteiger partial charge in [-0.3, -0.25) is 4.90 Å². The molecule has 0 radical (unpaired) electrons. The van der Waals surface area contributed by atoms with Crippen LogP contribution in [0.2, 0.25) is 0 Å². The van der Waals surface area contributed by atoms with Gasteiger partial charge in [-0.15, -0.1) is 0 Å². The molecule has 20 heavy (non-hydrogen) atoms. The van der Waals surface area contributed by atoms with Crippen LogP contribution in [0.3, 0.4) is 0 Å². The van der Waals surface area contributed by atoms with E-state index < -0.39 is 0 Å². The second kappa shape index (κ2) is 5.66. The van der Waals surface area contributed by atoms with Crippen LogP contribution < -0.4 is 10.6 Å². The number of anilines is 1. The molecule has 0 aromatic heterocycles. The van der Waals surface area contributed by atoms with Gasteiger partial charge in [-0.1, -0.05) is 22.0 Å². The maximum atomic E-state index is 5.99. The fourth-order valence-electron chi connectivity index (χ4n) is 3.61. The fourth-order valence-corrected chi connectivity index (χ4v) is 4.34. The molecule has 2 heterocycles. The molecule has 2 unspecified atom stereocenters. The molecule has 2 aliphatic heterocycles. The van der Waals surface area contributed by atoms with E-state index in [1.54, 1.807) is 0 Å². The van der Waals surface area contributed by atoms with Crippen LogP contribution in [0.4, 0.5) is 5.69 Å². The first-order chi connectivity index (χ1) is 9.56. The molecule has 1 aromatic carbocycles. The number of nitrogens with two attached hydrogens (primary N) is 1. The van der Waals surface area contributed by atoms with E-state index in [2.05, 4.69) is 50.9 Å². The van der Waals surface area contributed by atoms with Crippen molar-refractivity contribution in [3.05, 3.63) is 28.2 Å². The molecule has 0 spiro atoms. The summed E-state index contributed by atoms with van der Waals surface area (Å²) in [7, 11) is 0. The summed E-state index contributed by atoms with van der Waals surface area (Å²) in [5, 5.41) is 0. The normalized spacial score (nSPS) is 28.5. The summed E-state index contributed by atoms with van der Waals surface area (Å²) in [5.41, 5.74) is 8.49. The van der Waals surface area contributed by atoms with Crippen molar-refractivity contribution in [3.63, 3.8) is 0 Å². The van der Waals surface area contributed by atoms with Crippen molar-refractivity contribution in [3.8, 4) is 0 Å². The molecule has 3 nitrogen and oxygen atoms in total. The number of hydrogen-bond donors (Lipinski definition) is 1. The zero-order valence-electron chi connectivity index (χ0n) is 12.3. The molecule has 2 N–H and O–H groups in total. The number of halogens is 1. The first-order valence-electron chi connectivity index (χ1n) is 7.62. The number of hydrogen-bond acceptors (Lipinski definition) is 3.